The standard InChI is InChI=1S/C22H25N7OS/c1-30-16-15-29-21(24-25-26-29)20(17-7-3-2-4-8-17)27-11-13-28(14-12-27)22-23-18-9-5-6-10-19(18)31-22/h2-10,20H,11-16H2,1H3/t20-/m1/s1. The molecule has 8 nitrogen and oxygen atoms in total. The van der Waals surface area contributed by atoms with E-state index in [0.29, 0.717) is 13.2 Å². The summed E-state index contributed by atoms with van der Waals surface area (Å²) in [5.74, 6) is 0.858. The molecule has 31 heavy (non-hydrogen) atoms. The minimum absolute atomic E-state index is 0.00516. The monoisotopic (exact) mass is 435 g/mol. The number of tetrazole rings is 1. The van der Waals surface area contributed by atoms with Gasteiger partial charge in [0.25, 0.3) is 0 Å². The Kier molecular flexibility index (Phi) is 5.88. The van der Waals surface area contributed by atoms with Gasteiger partial charge in [-0.25, -0.2) is 9.67 Å². The number of thiazole rings is 1. The van der Waals surface area contributed by atoms with E-state index in [1.54, 1.807) is 18.4 Å². The molecule has 0 saturated carbocycles. The van der Waals surface area contributed by atoms with Gasteiger partial charge in [-0.3, -0.25) is 4.90 Å². The third-order valence-corrected chi connectivity index (χ3v) is 6.76. The van der Waals surface area contributed by atoms with Crippen molar-refractivity contribution in [3.8, 4) is 0 Å². The second kappa shape index (κ2) is 9.09. The first-order chi connectivity index (χ1) is 15.3. The van der Waals surface area contributed by atoms with Crippen molar-refractivity contribution in [3.63, 3.8) is 0 Å². The number of aromatic nitrogens is 5. The van der Waals surface area contributed by atoms with Gasteiger partial charge in [-0.1, -0.05) is 53.8 Å². The molecule has 5 rings (SSSR count). The van der Waals surface area contributed by atoms with Crippen molar-refractivity contribution < 1.29 is 4.74 Å². The smallest absolute Gasteiger partial charge is 0.186 e. The average Bonchev–Trinajstić information content (AvgIpc) is 3.46. The number of fused-ring (bicyclic) bond motifs is 1. The Labute approximate surface area is 185 Å². The largest absolute Gasteiger partial charge is 0.383 e. The maximum Gasteiger partial charge on any atom is 0.186 e. The van der Waals surface area contributed by atoms with Gasteiger partial charge in [-0.15, -0.1) is 5.10 Å². The van der Waals surface area contributed by atoms with Crippen LogP contribution in [0, 0.1) is 0 Å². The van der Waals surface area contributed by atoms with Gasteiger partial charge in [0.05, 0.1) is 29.4 Å². The molecule has 2 aromatic heterocycles. The van der Waals surface area contributed by atoms with Crippen molar-refractivity contribution in [3.05, 3.63) is 66.0 Å². The van der Waals surface area contributed by atoms with Crippen LogP contribution in [0.3, 0.4) is 0 Å². The molecule has 0 N–H and O–H groups in total. The third kappa shape index (κ3) is 4.16. The maximum atomic E-state index is 5.25. The van der Waals surface area contributed by atoms with Gasteiger partial charge in [-0.2, -0.15) is 0 Å². The molecule has 0 amide bonds. The first kappa shape index (κ1) is 20.0. The Morgan fingerprint density at radius 2 is 1.77 bits per heavy atom. The quantitative estimate of drug-likeness (QED) is 0.442. The molecule has 0 unspecified atom stereocenters. The van der Waals surface area contributed by atoms with Crippen molar-refractivity contribution in [2.75, 3.05) is 44.8 Å². The number of methoxy groups -OCH3 is 1. The van der Waals surface area contributed by atoms with E-state index in [9.17, 15) is 0 Å². The minimum atomic E-state index is 0.00516. The number of piperazine rings is 1. The predicted molar refractivity (Wildman–Crippen MR) is 121 cm³/mol. The lowest BCUT2D eigenvalue weighted by molar-refractivity contribution is 0.172. The number of hydrogen-bond acceptors (Lipinski definition) is 8. The fourth-order valence-electron chi connectivity index (χ4n) is 4.07. The molecule has 1 fully saturated rings. The van der Waals surface area contributed by atoms with E-state index in [4.69, 9.17) is 9.72 Å². The highest BCUT2D eigenvalue weighted by Crippen LogP contribution is 2.32. The van der Waals surface area contributed by atoms with E-state index in [0.717, 1.165) is 42.7 Å². The van der Waals surface area contributed by atoms with Crippen LogP contribution in [-0.2, 0) is 11.3 Å². The van der Waals surface area contributed by atoms with E-state index in [1.165, 1.54) is 10.3 Å². The molecule has 1 aliphatic heterocycles. The normalized spacial score (nSPS) is 16.1. The zero-order valence-corrected chi connectivity index (χ0v) is 18.3. The Balaban J connectivity index is 1.38. The van der Waals surface area contributed by atoms with E-state index in [-0.39, 0.29) is 6.04 Å². The molecule has 0 spiro atoms. The fourth-order valence-corrected chi connectivity index (χ4v) is 5.09. The summed E-state index contributed by atoms with van der Waals surface area (Å²) in [7, 11) is 1.69. The van der Waals surface area contributed by atoms with Crippen LogP contribution in [0.4, 0.5) is 5.13 Å². The van der Waals surface area contributed by atoms with Gasteiger partial charge >= 0.3 is 0 Å². The topological polar surface area (TPSA) is 72.2 Å². The number of para-hydroxylation sites is 1. The van der Waals surface area contributed by atoms with E-state index in [1.807, 2.05) is 16.8 Å². The minimum Gasteiger partial charge on any atom is -0.383 e. The summed E-state index contributed by atoms with van der Waals surface area (Å²) in [6.45, 7) is 4.86. The molecule has 0 radical (unpaired) electrons. The zero-order valence-electron chi connectivity index (χ0n) is 17.5. The maximum absolute atomic E-state index is 5.25. The Morgan fingerprint density at radius 3 is 2.55 bits per heavy atom. The Morgan fingerprint density at radius 1 is 1.00 bits per heavy atom. The lowest BCUT2D eigenvalue weighted by Gasteiger charge is -2.38. The molecule has 2 aromatic carbocycles. The zero-order chi connectivity index (χ0) is 21.0. The second-order valence-corrected chi connectivity index (χ2v) is 8.56. The summed E-state index contributed by atoms with van der Waals surface area (Å²) in [6.07, 6.45) is 0. The number of nitrogens with zero attached hydrogens (tertiary/aromatic N) is 7. The Bertz CT molecular complexity index is 1090. The molecule has 3 heterocycles. The molecular formula is C22H25N7OS. The summed E-state index contributed by atoms with van der Waals surface area (Å²) in [6, 6.07) is 18.8. The fraction of sp³-hybridized carbons (Fsp3) is 0.364. The molecule has 160 valence electrons. The van der Waals surface area contributed by atoms with Gasteiger partial charge < -0.3 is 9.64 Å². The van der Waals surface area contributed by atoms with Crippen molar-refractivity contribution in [1.82, 2.24) is 30.1 Å². The molecule has 9 heteroatoms. The number of rotatable bonds is 7. The predicted octanol–water partition coefficient (Wildman–Crippen LogP) is 2.84. The van der Waals surface area contributed by atoms with Crippen molar-refractivity contribution in [2.24, 2.45) is 0 Å². The molecular weight excluding hydrogens is 410 g/mol. The van der Waals surface area contributed by atoms with Crippen molar-refractivity contribution in [1.29, 1.82) is 0 Å². The van der Waals surface area contributed by atoms with Crippen molar-refractivity contribution in [2.45, 2.75) is 12.6 Å². The first-order valence-electron chi connectivity index (χ1n) is 10.5. The Hall–Kier alpha value is -2.88. The highest BCUT2D eigenvalue weighted by atomic mass is 32.1. The second-order valence-electron chi connectivity index (χ2n) is 7.55. The SMILES string of the molecule is COCCn1nnnc1[C@@H](c1ccccc1)N1CCN(c2nc3ccccc3s2)CC1. The van der Waals surface area contributed by atoms with Crippen LogP contribution in [0.25, 0.3) is 10.2 Å². The summed E-state index contributed by atoms with van der Waals surface area (Å²) in [5.41, 5.74) is 2.27. The molecule has 1 atom stereocenters. The van der Waals surface area contributed by atoms with Gasteiger partial charge in [0, 0.05) is 33.3 Å². The van der Waals surface area contributed by atoms with Crippen molar-refractivity contribution >= 4 is 26.7 Å². The lowest BCUT2D eigenvalue weighted by atomic mass is 10.0. The van der Waals surface area contributed by atoms with Crippen LogP contribution in [-0.4, -0.2) is 70.0 Å². The third-order valence-electron chi connectivity index (χ3n) is 5.66. The average molecular weight is 436 g/mol. The summed E-state index contributed by atoms with van der Waals surface area (Å²) in [5, 5.41) is 13.7. The number of ether oxygens (including phenoxy) is 1. The van der Waals surface area contributed by atoms with Gasteiger partial charge in [0.2, 0.25) is 0 Å². The van der Waals surface area contributed by atoms with Gasteiger partial charge in [-0.05, 0) is 28.1 Å². The molecule has 4 aromatic rings. The number of benzene rings is 2. The summed E-state index contributed by atoms with van der Waals surface area (Å²) < 4.78 is 8.34. The van der Waals surface area contributed by atoms with Crippen LogP contribution in [0.1, 0.15) is 17.4 Å². The highest BCUT2D eigenvalue weighted by molar-refractivity contribution is 7.22. The highest BCUT2D eigenvalue weighted by Gasteiger charge is 2.31. The van der Waals surface area contributed by atoms with Crippen LogP contribution in [0.2, 0.25) is 0 Å². The van der Waals surface area contributed by atoms with Crippen LogP contribution >= 0.6 is 11.3 Å². The van der Waals surface area contributed by atoms with Crippen LogP contribution in [0.15, 0.2) is 54.6 Å². The summed E-state index contributed by atoms with van der Waals surface area (Å²) >= 11 is 1.77. The number of hydrogen-bond donors (Lipinski definition) is 0. The van der Waals surface area contributed by atoms with Crippen LogP contribution < -0.4 is 4.90 Å². The number of anilines is 1. The van der Waals surface area contributed by atoms with E-state index < -0.39 is 0 Å². The molecule has 1 aliphatic rings. The lowest BCUT2D eigenvalue weighted by Crippen LogP contribution is -2.48. The summed E-state index contributed by atoms with van der Waals surface area (Å²) in [4.78, 5) is 9.69. The molecule has 0 aliphatic carbocycles. The van der Waals surface area contributed by atoms with Gasteiger partial charge in [0.1, 0.15) is 0 Å². The van der Waals surface area contributed by atoms with E-state index in [2.05, 4.69) is 67.8 Å². The van der Waals surface area contributed by atoms with Crippen LogP contribution in [0.5, 0.6) is 0 Å². The molecule has 0 bridgehead atoms. The molecule has 1 saturated heterocycles. The van der Waals surface area contributed by atoms with Gasteiger partial charge in [0.15, 0.2) is 11.0 Å². The van der Waals surface area contributed by atoms with E-state index >= 15 is 0 Å². The first-order valence-corrected chi connectivity index (χ1v) is 11.3.